The average molecular weight is 250 g/mol. The Bertz CT molecular complexity index is 448. The summed E-state index contributed by atoms with van der Waals surface area (Å²) in [5.74, 6) is -0.734. The number of likely N-dealkylation sites (N-methyl/N-ethyl adjacent to an activating group) is 1. The standard InChI is InChI=1S/C13H18N2O3/c1-15-7-3-4-9(15)8-18-12-10(13(16)17)5-2-6-11(12)14/h2,5-6,9H,3-4,7-8,14H2,1H3,(H,16,17). The minimum absolute atomic E-state index is 0.121. The molecule has 1 unspecified atom stereocenters. The number of anilines is 1. The fourth-order valence-electron chi connectivity index (χ4n) is 2.25. The molecule has 1 aliphatic heterocycles. The first kappa shape index (κ1) is 12.7. The Morgan fingerprint density at radius 2 is 2.39 bits per heavy atom. The minimum Gasteiger partial charge on any atom is -0.489 e. The monoisotopic (exact) mass is 250 g/mol. The molecule has 5 heteroatoms. The molecule has 1 aromatic carbocycles. The first-order valence-electron chi connectivity index (χ1n) is 6.04. The zero-order valence-electron chi connectivity index (χ0n) is 10.4. The van der Waals surface area contributed by atoms with Gasteiger partial charge in [-0.05, 0) is 38.6 Å². The predicted molar refractivity (Wildman–Crippen MR) is 69.0 cm³/mol. The van der Waals surface area contributed by atoms with E-state index in [9.17, 15) is 4.79 Å². The predicted octanol–water partition coefficient (Wildman–Crippen LogP) is 1.44. The fourth-order valence-corrected chi connectivity index (χ4v) is 2.25. The van der Waals surface area contributed by atoms with Gasteiger partial charge in [0.15, 0.2) is 5.75 Å². The molecule has 1 aliphatic rings. The third kappa shape index (κ3) is 2.56. The van der Waals surface area contributed by atoms with Crippen LogP contribution in [0.4, 0.5) is 5.69 Å². The van der Waals surface area contributed by atoms with E-state index in [4.69, 9.17) is 15.6 Å². The summed E-state index contributed by atoms with van der Waals surface area (Å²) in [5.41, 5.74) is 6.27. The summed E-state index contributed by atoms with van der Waals surface area (Å²) in [6.07, 6.45) is 2.23. The van der Waals surface area contributed by atoms with E-state index in [1.807, 2.05) is 7.05 Å². The molecule has 18 heavy (non-hydrogen) atoms. The molecule has 5 nitrogen and oxygen atoms in total. The van der Waals surface area contributed by atoms with Gasteiger partial charge in [0.05, 0.1) is 5.69 Å². The van der Waals surface area contributed by atoms with Crippen molar-refractivity contribution in [3.63, 3.8) is 0 Å². The number of likely N-dealkylation sites (tertiary alicyclic amines) is 1. The van der Waals surface area contributed by atoms with Gasteiger partial charge in [-0.1, -0.05) is 6.07 Å². The summed E-state index contributed by atoms with van der Waals surface area (Å²) in [7, 11) is 2.05. The summed E-state index contributed by atoms with van der Waals surface area (Å²) in [6, 6.07) is 5.12. The summed E-state index contributed by atoms with van der Waals surface area (Å²) in [4.78, 5) is 13.3. The van der Waals surface area contributed by atoms with Gasteiger partial charge in [-0.2, -0.15) is 0 Å². The lowest BCUT2D eigenvalue weighted by Crippen LogP contribution is -2.31. The first-order valence-corrected chi connectivity index (χ1v) is 6.04. The number of hydrogen-bond donors (Lipinski definition) is 2. The summed E-state index contributed by atoms with van der Waals surface area (Å²) in [5, 5.41) is 9.09. The van der Waals surface area contributed by atoms with E-state index in [1.54, 1.807) is 12.1 Å². The molecule has 1 saturated heterocycles. The van der Waals surface area contributed by atoms with Crippen molar-refractivity contribution in [2.45, 2.75) is 18.9 Å². The smallest absolute Gasteiger partial charge is 0.339 e. The van der Waals surface area contributed by atoms with Crippen molar-refractivity contribution < 1.29 is 14.6 Å². The Labute approximate surface area is 106 Å². The number of aromatic carboxylic acids is 1. The number of carboxylic acids is 1. The third-order valence-electron chi connectivity index (χ3n) is 3.37. The van der Waals surface area contributed by atoms with Gasteiger partial charge in [-0.15, -0.1) is 0 Å². The number of para-hydroxylation sites is 1. The van der Waals surface area contributed by atoms with Gasteiger partial charge in [0.2, 0.25) is 0 Å². The van der Waals surface area contributed by atoms with Crippen molar-refractivity contribution in [2.75, 3.05) is 25.9 Å². The molecule has 0 amide bonds. The van der Waals surface area contributed by atoms with E-state index >= 15 is 0 Å². The number of carbonyl (C=O) groups is 1. The number of nitrogen functional groups attached to an aromatic ring is 1. The lowest BCUT2D eigenvalue weighted by atomic mass is 10.1. The van der Waals surface area contributed by atoms with Crippen LogP contribution >= 0.6 is 0 Å². The van der Waals surface area contributed by atoms with Gasteiger partial charge >= 0.3 is 5.97 Å². The number of ether oxygens (including phenoxy) is 1. The number of nitrogens with two attached hydrogens (primary N) is 1. The largest absolute Gasteiger partial charge is 0.489 e. The van der Waals surface area contributed by atoms with Crippen molar-refractivity contribution in [3.8, 4) is 5.75 Å². The zero-order valence-corrected chi connectivity index (χ0v) is 10.4. The van der Waals surface area contributed by atoms with E-state index in [1.165, 1.54) is 6.07 Å². The maximum atomic E-state index is 11.1. The highest BCUT2D eigenvalue weighted by Gasteiger charge is 2.23. The normalized spacial score (nSPS) is 19.9. The van der Waals surface area contributed by atoms with Crippen LogP contribution in [-0.2, 0) is 0 Å². The Kier molecular flexibility index (Phi) is 3.72. The van der Waals surface area contributed by atoms with E-state index in [0.29, 0.717) is 18.3 Å². The van der Waals surface area contributed by atoms with Crippen LogP contribution in [0.15, 0.2) is 18.2 Å². The lowest BCUT2D eigenvalue weighted by Gasteiger charge is -2.20. The Morgan fingerprint density at radius 3 is 3.00 bits per heavy atom. The second kappa shape index (κ2) is 5.27. The molecule has 1 fully saturated rings. The van der Waals surface area contributed by atoms with Gasteiger partial charge in [0, 0.05) is 6.04 Å². The molecule has 0 spiro atoms. The highest BCUT2D eigenvalue weighted by Crippen LogP contribution is 2.27. The minimum atomic E-state index is -1.02. The quantitative estimate of drug-likeness (QED) is 0.791. The Balaban J connectivity index is 2.11. The lowest BCUT2D eigenvalue weighted by molar-refractivity contribution is 0.0691. The number of carboxylic acid groups (broad SMARTS) is 1. The number of hydrogen-bond acceptors (Lipinski definition) is 4. The molecule has 0 aliphatic carbocycles. The maximum Gasteiger partial charge on any atom is 0.339 e. The van der Waals surface area contributed by atoms with E-state index < -0.39 is 5.97 Å². The van der Waals surface area contributed by atoms with Crippen LogP contribution < -0.4 is 10.5 Å². The molecule has 0 aromatic heterocycles. The Hall–Kier alpha value is -1.75. The molecular formula is C13H18N2O3. The molecule has 0 saturated carbocycles. The van der Waals surface area contributed by atoms with Crippen LogP contribution in [0, 0.1) is 0 Å². The molecule has 1 heterocycles. The fraction of sp³-hybridized carbons (Fsp3) is 0.462. The molecule has 0 radical (unpaired) electrons. The average Bonchev–Trinajstić information content (AvgIpc) is 2.73. The van der Waals surface area contributed by atoms with Crippen molar-refractivity contribution >= 4 is 11.7 Å². The van der Waals surface area contributed by atoms with Crippen LogP contribution in [0.5, 0.6) is 5.75 Å². The highest BCUT2D eigenvalue weighted by molar-refractivity contribution is 5.93. The molecule has 1 aromatic rings. The van der Waals surface area contributed by atoms with Gasteiger partial charge in [-0.25, -0.2) is 4.79 Å². The molecule has 0 bridgehead atoms. The summed E-state index contributed by atoms with van der Waals surface area (Å²) < 4.78 is 5.64. The second-order valence-electron chi connectivity index (χ2n) is 4.62. The van der Waals surface area contributed by atoms with Crippen LogP contribution in [-0.4, -0.2) is 42.2 Å². The molecular weight excluding hydrogens is 232 g/mol. The van der Waals surface area contributed by atoms with E-state index in [0.717, 1.165) is 19.4 Å². The second-order valence-corrected chi connectivity index (χ2v) is 4.62. The first-order chi connectivity index (χ1) is 8.59. The number of rotatable bonds is 4. The van der Waals surface area contributed by atoms with E-state index in [-0.39, 0.29) is 11.3 Å². The summed E-state index contributed by atoms with van der Waals surface area (Å²) >= 11 is 0. The van der Waals surface area contributed by atoms with Crippen molar-refractivity contribution in [3.05, 3.63) is 23.8 Å². The van der Waals surface area contributed by atoms with Gasteiger partial charge in [0.1, 0.15) is 12.2 Å². The van der Waals surface area contributed by atoms with Crippen LogP contribution in [0.25, 0.3) is 0 Å². The molecule has 1 atom stereocenters. The van der Waals surface area contributed by atoms with Crippen LogP contribution in [0.1, 0.15) is 23.2 Å². The maximum absolute atomic E-state index is 11.1. The molecule has 3 N–H and O–H groups in total. The van der Waals surface area contributed by atoms with Crippen LogP contribution in [0.2, 0.25) is 0 Å². The molecule has 98 valence electrons. The van der Waals surface area contributed by atoms with Crippen molar-refractivity contribution in [1.82, 2.24) is 4.90 Å². The zero-order chi connectivity index (χ0) is 13.1. The number of benzene rings is 1. The Morgan fingerprint density at radius 1 is 1.61 bits per heavy atom. The highest BCUT2D eigenvalue weighted by atomic mass is 16.5. The van der Waals surface area contributed by atoms with Crippen molar-refractivity contribution in [1.29, 1.82) is 0 Å². The number of nitrogens with zero attached hydrogens (tertiary/aromatic N) is 1. The van der Waals surface area contributed by atoms with Gasteiger partial charge in [-0.3, -0.25) is 0 Å². The van der Waals surface area contributed by atoms with Crippen molar-refractivity contribution in [2.24, 2.45) is 0 Å². The SMILES string of the molecule is CN1CCCC1COc1c(N)cccc1C(=O)O. The summed E-state index contributed by atoms with van der Waals surface area (Å²) in [6.45, 7) is 1.54. The molecule has 2 rings (SSSR count). The van der Waals surface area contributed by atoms with Gasteiger partial charge < -0.3 is 20.5 Å². The third-order valence-corrected chi connectivity index (χ3v) is 3.37. The van der Waals surface area contributed by atoms with Gasteiger partial charge in [0.25, 0.3) is 0 Å². The van der Waals surface area contributed by atoms with E-state index in [2.05, 4.69) is 4.90 Å². The topological polar surface area (TPSA) is 75.8 Å². The van der Waals surface area contributed by atoms with Crippen LogP contribution in [0.3, 0.4) is 0 Å².